The van der Waals surface area contributed by atoms with Gasteiger partial charge in [0, 0.05) is 18.3 Å². The van der Waals surface area contributed by atoms with Crippen molar-refractivity contribution in [2.75, 3.05) is 33.0 Å². The lowest BCUT2D eigenvalue weighted by molar-refractivity contribution is -0.230. The van der Waals surface area contributed by atoms with E-state index in [1.165, 1.54) is 18.3 Å². The number of aliphatic hydroxyl groups excluding tert-OH is 1. The molecular weight excluding hydrogens is 457 g/mol. The molecule has 0 unspecified atom stereocenters. The highest BCUT2D eigenvalue weighted by Gasteiger charge is 2.40. The molecule has 1 aliphatic rings. The third-order valence-corrected chi connectivity index (χ3v) is 5.34. The number of halogens is 1. The summed E-state index contributed by atoms with van der Waals surface area (Å²) in [6, 6.07) is 7.64. The Kier molecular flexibility index (Phi) is 7.49. The molecular formula is C24H26FN5O5. The lowest BCUT2D eigenvalue weighted by Gasteiger charge is -2.35. The normalized spacial score (nSPS) is 19.8. The molecule has 11 heteroatoms. The minimum atomic E-state index is -0.861. The number of hydrogen-bond acceptors (Lipinski definition) is 8. The van der Waals surface area contributed by atoms with Gasteiger partial charge in [-0.15, -0.1) is 6.58 Å². The summed E-state index contributed by atoms with van der Waals surface area (Å²) >= 11 is 0. The first kappa shape index (κ1) is 24.5. The Morgan fingerprint density at radius 3 is 2.74 bits per heavy atom. The van der Waals surface area contributed by atoms with Crippen LogP contribution in [0.5, 0.6) is 6.01 Å². The number of rotatable bonds is 9. The minimum Gasteiger partial charge on any atom is -0.461 e. The first-order valence-corrected chi connectivity index (χ1v) is 11.0. The summed E-state index contributed by atoms with van der Waals surface area (Å²) in [6.45, 7) is 5.82. The zero-order valence-electron chi connectivity index (χ0n) is 19.2. The number of nitrogens with one attached hydrogen (secondary N) is 2. The van der Waals surface area contributed by atoms with Crippen molar-refractivity contribution in [3.05, 3.63) is 60.8 Å². The van der Waals surface area contributed by atoms with Gasteiger partial charge < -0.3 is 29.6 Å². The third-order valence-electron chi connectivity index (χ3n) is 5.34. The lowest BCUT2D eigenvalue weighted by Crippen LogP contribution is -2.48. The van der Waals surface area contributed by atoms with Gasteiger partial charge in [0.05, 0.1) is 42.3 Å². The average Bonchev–Trinajstić information content (AvgIpc) is 3.32. The first-order chi connectivity index (χ1) is 16.9. The number of amides is 1. The van der Waals surface area contributed by atoms with E-state index in [0.29, 0.717) is 35.0 Å². The highest BCUT2D eigenvalue weighted by molar-refractivity contribution is 5.82. The highest BCUT2D eigenvalue weighted by atomic mass is 19.1. The summed E-state index contributed by atoms with van der Waals surface area (Å²) in [4.78, 5) is 28.8. The molecule has 0 radical (unpaired) electrons. The Hall–Kier alpha value is -3.67. The Morgan fingerprint density at radius 2 is 2.06 bits per heavy atom. The van der Waals surface area contributed by atoms with Gasteiger partial charge >= 0.3 is 6.01 Å². The van der Waals surface area contributed by atoms with Gasteiger partial charge in [-0.05, 0) is 37.3 Å². The maximum Gasteiger partial charge on any atom is 0.317 e. The summed E-state index contributed by atoms with van der Waals surface area (Å²) in [7, 11) is 0. The van der Waals surface area contributed by atoms with Crippen LogP contribution < -0.4 is 10.1 Å². The van der Waals surface area contributed by atoms with E-state index >= 15 is 0 Å². The quantitative estimate of drug-likeness (QED) is 0.396. The zero-order valence-corrected chi connectivity index (χ0v) is 19.2. The number of aliphatic hydroxyl groups is 1. The minimum absolute atomic E-state index is 0.0470. The van der Waals surface area contributed by atoms with E-state index in [1.54, 1.807) is 31.2 Å². The summed E-state index contributed by atoms with van der Waals surface area (Å²) in [5.41, 5.74) is 1.27. The number of hydrogen-bond donors (Lipinski definition) is 3. The number of carbonyl (C=O) groups excluding carboxylic acids is 1. The predicted octanol–water partition coefficient (Wildman–Crippen LogP) is 2.40. The maximum absolute atomic E-state index is 13.5. The van der Waals surface area contributed by atoms with E-state index in [9.17, 15) is 9.18 Å². The van der Waals surface area contributed by atoms with Crippen molar-refractivity contribution in [2.45, 2.75) is 13.2 Å². The molecule has 10 nitrogen and oxygen atoms in total. The highest BCUT2D eigenvalue weighted by Crippen LogP contribution is 2.35. The van der Waals surface area contributed by atoms with E-state index in [-0.39, 0.29) is 44.2 Å². The second-order valence-electron chi connectivity index (χ2n) is 8.16. The van der Waals surface area contributed by atoms with Gasteiger partial charge in [-0.1, -0.05) is 6.08 Å². The van der Waals surface area contributed by atoms with Gasteiger partial charge in [-0.25, -0.2) is 14.4 Å². The lowest BCUT2D eigenvalue weighted by atomic mass is 9.91. The predicted molar refractivity (Wildman–Crippen MR) is 124 cm³/mol. The Balaban J connectivity index is 1.63. The van der Waals surface area contributed by atoms with Crippen molar-refractivity contribution in [1.29, 1.82) is 0 Å². The first-order valence-electron chi connectivity index (χ1n) is 11.0. The SMILES string of the molecule is C=CCNC(=O)C1(C)COC(c2nc(-c3ccc(F)cc3)c(-c3ccnc(OCCO)n3)[nH]2)OC1. The molecule has 1 aliphatic heterocycles. The van der Waals surface area contributed by atoms with E-state index < -0.39 is 11.7 Å². The second kappa shape index (κ2) is 10.7. The number of nitrogens with zero attached hydrogens (tertiary/aromatic N) is 3. The molecule has 4 rings (SSSR count). The van der Waals surface area contributed by atoms with Crippen LogP contribution in [0.25, 0.3) is 22.6 Å². The van der Waals surface area contributed by atoms with Crippen LogP contribution in [0.15, 0.2) is 49.2 Å². The summed E-state index contributed by atoms with van der Waals surface area (Å²) in [5.74, 6) is -0.204. The Morgan fingerprint density at radius 1 is 1.31 bits per heavy atom. The topological polar surface area (TPSA) is 131 Å². The van der Waals surface area contributed by atoms with Crippen LogP contribution in [0.2, 0.25) is 0 Å². The molecule has 0 atom stereocenters. The van der Waals surface area contributed by atoms with Gasteiger partial charge in [0.1, 0.15) is 12.4 Å². The van der Waals surface area contributed by atoms with Crippen LogP contribution in [0.3, 0.4) is 0 Å². The number of ether oxygens (including phenoxy) is 3. The smallest absolute Gasteiger partial charge is 0.317 e. The molecule has 0 bridgehead atoms. The molecule has 184 valence electrons. The van der Waals surface area contributed by atoms with Crippen LogP contribution >= 0.6 is 0 Å². The average molecular weight is 484 g/mol. The molecule has 1 fully saturated rings. The summed E-state index contributed by atoms with van der Waals surface area (Å²) in [6.07, 6.45) is 2.27. The van der Waals surface area contributed by atoms with E-state index in [0.717, 1.165) is 0 Å². The number of H-pyrrole nitrogens is 1. The van der Waals surface area contributed by atoms with Crippen LogP contribution in [-0.2, 0) is 14.3 Å². The molecule has 1 aromatic carbocycles. The molecule has 35 heavy (non-hydrogen) atoms. The van der Waals surface area contributed by atoms with Gasteiger partial charge in [0.25, 0.3) is 0 Å². The van der Waals surface area contributed by atoms with Crippen LogP contribution in [-0.4, -0.2) is 63.9 Å². The summed E-state index contributed by atoms with van der Waals surface area (Å²) < 4.78 is 30.6. The molecule has 2 aromatic heterocycles. The number of benzene rings is 1. The number of aromatic nitrogens is 4. The van der Waals surface area contributed by atoms with Crippen LogP contribution in [0, 0.1) is 11.2 Å². The summed E-state index contributed by atoms with van der Waals surface area (Å²) in [5, 5.41) is 11.8. The van der Waals surface area contributed by atoms with Gasteiger partial charge in [-0.3, -0.25) is 4.79 Å². The number of imidazole rings is 1. The van der Waals surface area contributed by atoms with Crippen LogP contribution in [0.1, 0.15) is 19.0 Å². The molecule has 1 saturated heterocycles. The molecule has 0 spiro atoms. The number of carbonyl (C=O) groups is 1. The standard InChI is InChI=1S/C24H26FN5O5/c1-3-9-26-22(32)24(2)13-34-21(35-14-24)20-29-18(15-4-6-16(25)7-5-15)19(30-20)17-8-10-27-23(28-17)33-12-11-31/h3-8,10,21,31H,1,9,11-14H2,2H3,(H,26,32)(H,29,30). The fraction of sp³-hybridized carbons (Fsp3) is 0.333. The monoisotopic (exact) mass is 483 g/mol. The van der Waals surface area contributed by atoms with Crippen molar-refractivity contribution in [3.63, 3.8) is 0 Å². The van der Waals surface area contributed by atoms with Crippen molar-refractivity contribution in [3.8, 4) is 28.7 Å². The number of aromatic amines is 1. The molecule has 0 aliphatic carbocycles. The molecule has 3 heterocycles. The third kappa shape index (κ3) is 5.53. The zero-order chi connectivity index (χ0) is 24.8. The van der Waals surface area contributed by atoms with E-state index in [1.807, 2.05) is 0 Å². The molecule has 3 N–H and O–H groups in total. The Labute approximate surface area is 201 Å². The fourth-order valence-corrected chi connectivity index (χ4v) is 3.47. The molecule has 3 aromatic rings. The largest absolute Gasteiger partial charge is 0.461 e. The van der Waals surface area contributed by atoms with Crippen molar-refractivity contribution < 1.29 is 28.5 Å². The van der Waals surface area contributed by atoms with E-state index in [4.69, 9.17) is 19.3 Å². The van der Waals surface area contributed by atoms with E-state index in [2.05, 4.69) is 31.8 Å². The Bertz CT molecular complexity index is 1180. The molecule has 0 saturated carbocycles. The van der Waals surface area contributed by atoms with Crippen molar-refractivity contribution in [2.24, 2.45) is 5.41 Å². The second-order valence-corrected chi connectivity index (χ2v) is 8.16. The van der Waals surface area contributed by atoms with Gasteiger partial charge in [0.2, 0.25) is 12.2 Å². The van der Waals surface area contributed by atoms with Crippen molar-refractivity contribution in [1.82, 2.24) is 25.3 Å². The maximum atomic E-state index is 13.5. The van der Waals surface area contributed by atoms with Crippen LogP contribution in [0.4, 0.5) is 4.39 Å². The van der Waals surface area contributed by atoms with Gasteiger partial charge in [0.15, 0.2) is 5.82 Å². The fourth-order valence-electron chi connectivity index (χ4n) is 3.47. The van der Waals surface area contributed by atoms with Gasteiger partial charge in [-0.2, -0.15) is 4.98 Å². The van der Waals surface area contributed by atoms with Crippen molar-refractivity contribution >= 4 is 5.91 Å². The molecule has 1 amide bonds.